The van der Waals surface area contributed by atoms with E-state index in [2.05, 4.69) is 10.2 Å². The van der Waals surface area contributed by atoms with Gasteiger partial charge in [0, 0.05) is 56.4 Å². The zero-order valence-electron chi connectivity index (χ0n) is 24.0. The molecule has 1 N–H and O–H groups in total. The zero-order chi connectivity index (χ0) is 29.0. The van der Waals surface area contributed by atoms with Crippen molar-refractivity contribution in [3.05, 3.63) is 23.8 Å². The Morgan fingerprint density at radius 3 is 2.33 bits per heavy atom. The van der Waals surface area contributed by atoms with E-state index < -0.39 is 29.1 Å². The van der Waals surface area contributed by atoms with Gasteiger partial charge < -0.3 is 14.5 Å². The van der Waals surface area contributed by atoms with Gasteiger partial charge in [-0.1, -0.05) is 6.07 Å². The van der Waals surface area contributed by atoms with Gasteiger partial charge in [-0.05, 0) is 59.6 Å². The van der Waals surface area contributed by atoms with Crippen LogP contribution in [0.25, 0.3) is 0 Å². The molecule has 4 aliphatic heterocycles. The highest BCUT2D eigenvalue weighted by Crippen LogP contribution is 2.48. The van der Waals surface area contributed by atoms with Gasteiger partial charge in [-0.15, -0.1) is 0 Å². The first-order valence-electron chi connectivity index (χ1n) is 14.2. The number of piperazine rings is 1. The van der Waals surface area contributed by atoms with Crippen molar-refractivity contribution in [3.8, 4) is 0 Å². The van der Waals surface area contributed by atoms with Crippen molar-refractivity contribution in [1.29, 1.82) is 0 Å². The maximum Gasteiger partial charge on any atom is 0.410 e. The van der Waals surface area contributed by atoms with Crippen molar-refractivity contribution in [2.45, 2.75) is 83.2 Å². The normalized spacial score (nSPS) is 27.5. The lowest BCUT2D eigenvalue weighted by molar-refractivity contribution is -0.136. The van der Waals surface area contributed by atoms with Crippen LogP contribution < -0.4 is 15.1 Å². The van der Waals surface area contributed by atoms with E-state index in [0.29, 0.717) is 44.8 Å². The predicted molar refractivity (Wildman–Crippen MR) is 148 cm³/mol. The van der Waals surface area contributed by atoms with E-state index >= 15 is 4.39 Å². The largest absolute Gasteiger partial charge is 0.444 e. The first-order valence-corrected chi connectivity index (χ1v) is 14.2. The number of hydrogen-bond donors (Lipinski definition) is 1. The fourth-order valence-corrected chi connectivity index (χ4v) is 6.47. The first-order chi connectivity index (χ1) is 18.8. The Labute approximate surface area is 234 Å². The van der Waals surface area contributed by atoms with Gasteiger partial charge in [0.2, 0.25) is 17.7 Å². The molecular weight excluding hydrogens is 517 g/mol. The SMILES string of the molecule is CC(C)(C)OC(=O)N1CCN([C@@H]2CCN(c3cccc4c3C(C)(C)C(=O)N4C3CCC(=O)NC3=O)C[C@@H]2F)CC1. The van der Waals surface area contributed by atoms with Gasteiger partial charge in [0.15, 0.2) is 0 Å². The summed E-state index contributed by atoms with van der Waals surface area (Å²) in [5.74, 6) is -0.988. The third-order valence-corrected chi connectivity index (χ3v) is 8.46. The number of fused-ring (bicyclic) bond motifs is 1. The number of carbonyl (C=O) groups is 4. The lowest BCUT2D eigenvalue weighted by Gasteiger charge is -2.45. The fraction of sp³-hybridized carbons (Fsp3) is 0.655. The van der Waals surface area contributed by atoms with Gasteiger partial charge in [0.1, 0.15) is 17.8 Å². The second-order valence-electron chi connectivity index (χ2n) is 12.8. The van der Waals surface area contributed by atoms with E-state index in [1.165, 1.54) is 4.90 Å². The monoisotopic (exact) mass is 557 g/mol. The molecule has 4 aliphatic rings. The molecule has 3 fully saturated rings. The van der Waals surface area contributed by atoms with Crippen molar-refractivity contribution in [2.24, 2.45) is 0 Å². The molecule has 0 radical (unpaired) electrons. The van der Waals surface area contributed by atoms with Crippen LogP contribution in [0.5, 0.6) is 0 Å². The number of imide groups is 1. The van der Waals surface area contributed by atoms with Crippen LogP contribution in [0.2, 0.25) is 0 Å². The number of rotatable bonds is 3. The molecule has 10 nitrogen and oxygen atoms in total. The minimum Gasteiger partial charge on any atom is -0.444 e. The molecule has 40 heavy (non-hydrogen) atoms. The highest BCUT2D eigenvalue weighted by molar-refractivity contribution is 6.14. The number of nitrogens with one attached hydrogen (secondary N) is 1. The van der Waals surface area contributed by atoms with Gasteiger partial charge in [-0.3, -0.25) is 29.5 Å². The molecule has 0 aromatic heterocycles. The average Bonchev–Trinajstić information content (AvgIpc) is 3.08. The van der Waals surface area contributed by atoms with E-state index in [1.54, 1.807) is 4.90 Å². The molecule has 5 rings (SSSR count). The molecule has 0 spiro atoms. The maximum atomic E-state index is 15.8. The summed E-state index contributed by atoms with van der Waals surface area (Å²) in [5.41, 5.74) is 0.787. The number of piperidine rings is 2. The number of nitrogens with zero attached hydrogens (tertiary/aromatic N) is 4. The molecule has 1 unspecified atom stereocenters. The minimum atomic E-state index is -1.11. The Kier molecular flexibility index (Phi) is 7.31. The van der Waals surface area contributed by atoms with Crippen LogP contribution in [0.15, 0.2) is 18.2 Å². The molecular formula is C29H40FN5O5. The smallest absolute Gasteiger partial charge is 0.410 e. The lowest BCUT2D eigenvalue weighted by atomic mass is 9.84. The minimum absolute atomic E-state index is 0.179. The second-order valence-corrected chi connectivity index (χ2v) is 12.8. The van der Waals surface area contributed by atoms with Crippen LogP contribution in [0.3, 0.4) is 0 Å². The molecule has 1 aromatic rings. The van der Waals surface area contributed by atoms with Crippen molar-refractivity contribution in [2.75, 3.05) is 49.1 Å². The third kappa shape index (κ3) is 5.15. The predicted octanol–water partition coefficient (Wildman–Crippen LogP) is 2.59. The highest BCUT2D eigenvalue weighted by Gasteiger charge is 2.51. The highest BCUT2D eigenvalue weighted by atomic mass is 19.1. The summed E-state index contributed by atoms with van der Waals surface area (Å²) in [6, 6.07) is 4.60. The van der Waals surface area contributed by atoms with Crippen LogP contribution in [-0.2, 0) is 24.5 Å². The van der Waals surface area contributed by atoms with E-state index in [4.69, 9.17) is 4.74 Å². The van der Waals surface area contributed by atoms with Crippen LogP contribution >= 0.6 is 0 Å². The number of amides is 4. The molecule has 3 atom stereocenters. The summed E-state index contributed by atoms with van der Waals surface area (Å²) in [5, 5.41) is 2.36. The van der Waals surface area contributed by atoms with Crippen LogP contribution in [0.4, 0.5) is 20.6 Å². The fourth-order valence-electron chi connectivity index (χ4n) is 6.47. The molecule has 0 saturated carbocycles. The van der Waals surface area contributed by atoms with Gasteiger partial charge in [-0.25, -0.2) is 9.18 Å². The van der Waals surface area contributed by atoms with Gasteiger partial charge >= 0.3 is 6.09 Å². The van der Waals surface area contributed by atoms with Crippen LogP contribution in [0.1, 0.15) is 59.4 Å². The maximum absolute atomic E-state index is 15.8. The summed E-state index contributed by atoms with van der Waals surface area (Å²) in [4.78, 5) is 57.8. The molecule has 1 aromatic carbocycles. The summed E-state index contributed by atoms with van der Waals surface area (Å²) in [7, 11) is 0. The third-order valence-electron chi connectivity index (χ3n) is 8.46. The molecule has 0 bridgehead atoms. The second kappa shape index (κ2) is 10.3. The number of anilines is 2. The summed E-state index contributed by atoms with van der Waals surface area (Å²) >= 11 is 0. The number of carbonyl (C=O) groups excluding carboxylic acids is 4. The molecule has 0 aliphatic carbocycles. The number of halogens is 1. The standard InChI is InChI=1S/C29H40FN5O5/c1-28(2,3)40-27(39)33-15-13-32(14-16-33)19-11-12-34(17-18(19)30)20-7-6-8-21-24(20)29(4,5)26(38)35(21)22-9-10-23(36)31-25(22)37/h6-8,18-19,22H,9-17H2,1-5H3,(H,31,36,37)/t18-,19+,22?/m0/s1. The molecule has 218 valence electrons. The van der Waals surface area contributed by atoms with E-state index in [1.807, 2.05) is 57.7 Å². The molecule has 11 heteroatoms. The van der Waals surface area contributed by atoms with Crippen molar-refractivity contribution in [1.82, 2.24) is 15.1 Å². The van der Waals surface area contributed by atoms with Crippen LogP contribution in [0, 0.1) is 0 Å². The van der Waals surface area contributed by atoms with Crippen molar-refractivity contribution in [3.63, 3.8) is 0 Å². The van der Waals surface area contributed by atoms with Gasteiger partial charge in [-0.2, -0.15) is 0 Å². The van der Waals surface area contributed by atoms with Crippen molar-refractivity contribution < 1.29 is 28.3 Å². The average molecular weight is 558 g/mol. The summed E-state index contributed by atoms with van der Waals surface area (Å²) in [6.07, 6.45) is -0.374. The Morgan fingerprint density at radius 2 is 1.70 bits per heavy atom. The van der Waals surface area contributed by atoms with E-state index in [0.717, 1.165) is 11.3 Å². The Balaban J connectivity index is 1.29. The molecule has 4 amide bonds. The number of ether oxygens (including phenoxy) is 1. The van der Waals surface area contributed by atoms with Gasteiger partial charge in [0.05, 0.1) is 17.6 Å². The van der Waals surface area contributed by atoms with Gasteiger partial charge in [0.25, 0.3) is 0 Å². The number of alkyl halides is 1. The lowest BCUT2D eigenvalue weighted by Crippen LogP contribution is -2.58. The quantitative estimate of drug-likeness (QED) is 0.570. The summed E-state index contributed by atoms with van der Waals surface area (Å²) in [6.45, 7) is 12.2. The Morgan fingerprint density at radius 1 is 1.02 bits per heavy atom. The zero-order valence-corrected chi connectivity index (χ0v) is 24.0. The van der Waals surface area contributed by atoms with E-state index in [9.17, 15) is 19.2 Å². The molecule has 3 saturated heterocycles. The number of hydrogen-bond acceptors (Lipinski definition) is 7. The Hall–Kier alpha value is -3.21. The van der Waals surface area contributed by atoms with E-state index in [-0.39, 0.29) is 43.3 Å². The first kappa shape index (κ1) is 28.3. The van der Waals surface area contributed by atoms with Crippen LogP contribution in [-0.4, -0.2) is 96.7 Å². The molecule has 4 heterocycles. The topological polar surface area (TPSA) is 102 Å². The number of benzene rings is 1. The summed E-state index contributed by atoms with van der Waals surface area (Å²) < 4.78 is 21.3. The Bertz CT molecular complexity index is 1210. The van der Waals surface area contributed by atoms with Crippen molar-refractivity contribution >= 4 is 35.2 Å².